The van der Waals surface area contributed by atoms with E-state index in [9.17, 15) is 23.3 Å². The van der Waals surface area contributed by atoms with Crippen molar-refractivity contribution in [3.05, 3.63) is 57.9 Å². The number of non-ortho nitro benzene ring substituents is 1. The van der Waals surface area contributed by atoms with Gasteiger partial charge < -0.3 is 4.57 Å². The third-order valence-corrected chi connectivity index (χ3v) is 4.54. The first kappa shape index (κ1) is 16.6. The first-order valence-corrected chi connectivity index (χ1v) is 7.89. The molecule has 1 aromatic carbocycles. The molecule has 0 radical (unpaired) electrons. The average molecular weight is 338 g/mol. The number of sulfonamides is 1. The SMILES string of the molecule is Cc1ccc([N+](=O)[O-])cc1S(=O)(=O)NNC(=O)c1cccn1C. The molecule has 0 aliphatic heterocycles. The summed E-state index contributed by atoms with van der Waals surface area (Å²) in [6.07, 6.45) is 1.63. The molecule has 122 valence electrons. The number of aryl methyl sites for hydroxylation is 2. The average Bonchev–Trinajstić information content (AvgIpc) is 2.91. The second-order valence-electron chi connectivity index (χ2n) is 4.77. The van der Waals surface area contributed by atoms with Gasteiger partial charge in [-0.15, -0.1) is 4.83 Å². The lowest BCUT2D eigenvalue weighted by Gasteiger charge is -2.10. The number of hydrogen-bond donors (Lipinski definition) is 2. The lowest BCUT2D eigenvalue weighted by molar-refractivity contribution is -0.385. The third-order valence-electron chi connectivity index (χ3n) is 3.15. The van der Waals surface area contributed by atoms with Gasteiger partial charge in [-0.2, -0.15) is 0 Å². The van der Waals surface area contributed by atoms with E-state index in [1.807, 2.05) is 4.83 Å². The second kappa shape index (κ2) is 6.18. The van der Waals surface area contributed by atoms with Crippen molar-refractivity contribution >= 4 is 21.6 Å². The Hall–Kier alpha value is -2.72. The molecule has 23 heavy (non-hydrogen) atoms. The monoisotopic (exact) mass is 338 g/mol. The molecule has 1 heterocycles. The quantitative estimate of drug-likeness (QED) is 0.618. The molecule has 2 aromatic rings. The van der Waals surface area contributed by atoms with Gasteiger partial charge in [-0.05, 0) is 24.6 Å². The molecule has 0 saturated heterocycles. The Morgan fingerprint density at radius 2 is 2.00 bits per heavy atom. The normalized spacial score (nSPS) is 11.2. The molecule has 0 aliphatic rings. The van der Waals surface area contributed by atoms with Crippen LogP contribution in [0.15, 0.2) is 41.4 Å². The smallest absolute Gasteiger partial charge is 0.282 e. The molecule has 0 fully saturated rings. The van der Waals surface area contributed by atoms with Gasteiger partial charge in [-0.25, -0.2) is 8.42 Å². The summed E-state index contributed by atoms with van der Waals surface area (Å²) >= 11 is 0. The minimum Gasteiger partial charge on any atom is -0.347 e. The van der Waals surface area contributed by atoms with Crippen molar-refractivity contribution in [3.8, 4) is 0 Å². The highest BCUT2D eigenvalue weighted by atomic mass is 32.2. The van der Waals surface area contributed by atoms with Gasteiger partial charge >= 0.3 is 0 Å². The van der Waals surface area contributed by atoms with Crippen molar-refractivity contribution in [1.29, 1.82) is 0 Å². The van der Waals surface area contributed by atoms with Gasteiger partial charge in [-0.3, -0.25) is 20.3 Å². The second-order valence-corrected chi connectivity index (χ2v) is 6.42. The van der Waals surface area contributed by atoms with Crippen molar-refractivity contribution in [1.82, 2.24) is 14.8 Å². The molecule has 10 heteroatoms. The van der Waals surface area contributed by atoms with Crippen LogP contribution >= 0.6 is 0 Å². The number of nitrogens with zero attached hydrogens (tertiary/aromatic N) is 2. The summed E-state index contributed by atoms with van der Waals surface area (Å²) < 4.78 is 26.0. The maximum atomic E-state index is 12.2. The van der Waals surface area contributed by atoms with Crippen LogP contribution in [0, 0.1) is 17.0 Å². The van der Waals surface area contributed by atoms with Crippen LogP contribution in [0.4, 0.5) is 5.69 Å². The molecule has 1 aromatic heterocycles. The minimum atomic E-state index is -4.14. The fourth-order valence-electron chi connectivity index (χ4n) is 1.92. The summed E-state index contributed by atoms with van der Waals surface area (Å²) in [5, 5.41) is 10.8. The highest BCUT2D eigenvalue weighted by molar-refractivity contribution is 7.89. The lowest BCUT2D eigenvalue weighted by atomic mass is 10.2. The Labute approximate surface area is 132 Å². The molecular weight excluding hydrogens is 324 g/mol. The van der Waals surface area contributed by atoms with Gasteiger partial charge in [0.25, 0.3) is 21.6 Å². The molecule has 0 unspecified atom stereocenters. The highest BCUT2D eigenvalue weighted by Crippen LogP contribution is 2.21. The van der Waals surface area contributed by atoms with E-state index in [1.165, 1.54) is 29.7 Å². The van der Waals surface area contributed by atoms with Crippen LogP contribution in [0.2, 0.25) is 0 Å². The highest BCUT2D eigenvalue weighted by Gasteiger charge is 2.21. The number of nitrogens with one attached hydrogen (secondary N) is 2. The van der Waals surface area contributed by atoms with Gasteiger partial charge in [0.1, 0.15) is 5.69 Å². The van der Waals surface area contributed by atoms with Crippen molar-refractivity contribution in [2.75, 3.05) is 0 Å². The molecule has 1 amide bonds. The maximum Gasteiger partial charge on any atom is 0.282 e. The summed E-state index contributed by atoms with van der Waals surface area (Å²) in [7, 11) is -2.51. The molecule has 2 rings (SSSR count). The fraction of sp³-hybridized carbons (Fsp3) is 0.154. The van der Waals surface area contributed by atoms with E-state index < -0.39 is 20.9 Å². The minimum absolute atomic E-state index is 0.253. The zero-order chi connectivity index (χ0) is 17.2. The first-order chi connectivity index (χ1) is 10.7. The van der Waals surface area contributed by atoms with E-state index in [-0.39, 0.29) is 16.3 Å². The van der Waals surface area contributed by atoms with Crippen LogP contribution in [-0.4, -0.2) is 23.8 Å². The molecule has 0 atom stereocenters. The molecular formula is C13H14N4O5S. The van der Waals surface area contributed by atoms with Gasteiger partial charge in [-0.1, -0.05) is 6.07 Å². The Bertz CT molecular complexity index is 872. The van der Waals surface area contributed by atoms with Crippen molar-refractivity contribution < 1.29 is 18.1 Å². The number of rotatable bonds is 5. The molecule has 0 saturated carbocycles. The van der Waals surface area contributed by atoms with Gasteiger partial charge in [0.05, 0.1) is 9.82 Å². The summed E-state index contributed by atoms with van der Waals surface area (Å²) in [5.41, 5.74) is 2.29. The molecule has 0 spiro atoms. The van der Waals surface area contributed by atoms with Crippen molar-refractivity contribution in [2.45, 2.75) is 11.8 Å². The number of nitro groups is 1. The van der Waals surface area contributed by atoms with Crippen LogP contribution in [0.1, 0.15) is 16.1 Å². The number of amides is 1. The maximum absolute atomic E-state index is 12.2. The summed E-state index contributed by atoms with van der Waals surface area (Å²) in [6, 6.07) is 6.62. The number of carbonyl (C=O) groups excluding carboxylic acids is 1. The van der Waals surface area contributed by atoms with Crippen molar-refractivity contribution in [2.24, 2.45) is 7.05 Å². The molecule has 0 bridgehead atoms. The van der Waals surface area contributed by atoms with E-state index in [0.29, 0.717) is 5.56 Å². The zero-order valence-electron chi connectivity index (χ0n) is 12.3. The fourth-order valence-corrected chi connectivity index (χ4v) is 3.03. The topological polar surface area (TPSA) is 123 Å². The lowest BCUT2D eigenvalue weighted by Crippen LogP contribution is -2.42. The van der Waals surface area contributed by atoms with Gasteiger partial charge in [0.15, 0.2) is 0 Å². The standard InChI is InChI=1S/C13H14N4O5S/c1-9-5-6-10(17(19)20)8-12(9)23(21,22)15-14-13(18)11-4-3-7-16(11)2/h3-8,15H,1-2H3,(H,14,18). The summed E-state index contributed by atoms with van der Waals surface area (Å²) in [4.78, 5) is 23.6. The van der Waals surface area contributed by atoms with Crippen molar-refractivity contribution in [3.63, 3.8) is 0 Å². The van der Waals surface area contributed by atoms with E-state index in [1.54, 1.807) is 19.3 Å². The third kappa shape index (κ3) is 3.55. The van der Waals surface area contributed by atoms with Crippen LogP contribution in [0.3, 0.4) is 0 Å². The number of benzene rings is 1. The Morgan fingerprint density at radius 1 is 1.30 bits per heavy atom. The Kier molecular flexibility index (Phi) is 4.48. The number of hydrogen-bond acceptors (Lipinski definition) is 5. The molecule has 0 aliphatic carbocycles. The Balaban J connectivity index is 2.23. The van der Waals surface area contributed by atoms with Crippen LogP contribution < -0.4 is 10.3 Å². The number of hydrazine groups is 1. The van der Waals surface area contributed by atoms with Gasteiger partial charge in [0.2, 0.25) is 0 Å². The zero-order valence-corrected chi connectivity index (χ0v) is 13.1. The predicted octanol–water partition coefficient (Wildman–Crippen LogP) is 0.865. The van der Waals surface area contributed by atoms with Crippen LogP contribution in [0.5, 0.6) is 0 Å². The number of aromatic nitrogens is 1. The van der Waals surface area contributed by atoms with E-state index in [0.717, 1.165) is 6.07 Å². The van der Waals surface area contributed by atoms with Crippen LogP contribution in [0.25, 0.3) is 0 Å². The van der Waals surface area contributed by atoms with Gasteiger partial charge in [0, 0.05) is 25.4 Å². The van der Waals surface area contributed by atoms with E-state index in [4.69, 9.17) is 0 Å². The summed E-state index contributed by atoms with van der Waals surface area (Å²) in [5.74, 6) is -0.649. The number of carbonyl (C=O) groups is 1. The Morgan fingerprint density at radius 3 is 2.57 bits per heavy atom. The van der Waals surface area contributed by atoms with Crippen LogP contribution in [-0.2, 0) is 17.1 Å². The first-order valence-electron chi connectivity index (χ1n) is 6.41. The van der Waals surface area contributed by atoms with E-state index >= 15 is 0 Å². The molecule has 9 nitrogen and oxygen atoms in total. The molecule has 2 N–H and O–H groups in total. The van der Waals surface area contributed by atoms with E-state index in [2.05, 4.69) is 5.43 Å². The predicted molar refractivity (Wildman–Crippen MR) is 81.0 cm³/mol. The number of nitro benzene ring substituents is 1. The largest absolute Gasteiger partial charge is 0.347 e. The summed E-state index contributed by atoms with van der Waals surface area (Å²) in [6.45, 7) is 1.50.